The van der Waals surface area contributed by atoms with Gasteiger partial charge < -0.3 is 4.90 Å². The van der Waals surface area contributed by atoms with Crippen LogP contribution in [0.2, 0.25) is 0 Å². The molecule has 0 saturated carbocycles. The molecule has 3 nitrogen and oxygen atoms in total. The summed E-state index contributed by atoms with van der Waals surface area (Å²) < 4.78 is 66.8. The molecule has 1 aliphatic rings. The number of nitrogens with zero attached hydrogens (tertiary/aromatic N) is 2. The van der Waals surface area contributed by atoms with Crippen LogP contribution in [0.3, 0.4) is 0 Å². The van der Waals surface area contributed by atoms with Crippen molar-refractivity contribution in [3.05, 3.63) is 60.2 Å². The highest BCUT2D eigenvalue weighted by atomic mass is 16.2. The molecule has 1 aliphatic heterocycles. The normalized spacial score (nSPS) is 19.3. The van der Waals surface area contributed by atoms with Gasteiger partial charge in [-0.15, -0.1) is 0 Å². The Morgan fingerprint density at radius 3 is 2.40 bits per heavy atom. The minimum absolute atomic E-state index is 0.0665. The monoisotopic (exact) mass is 484 g/mol. The summed E-state index contributed by atoms with van der Waals surface area (Å²) >= 11 is 0. The van der Waals surface area contributed by atoms with Crippen LogP contribution in [0.1, 0.15) is 124 Å². The second-order valence-electron chi connectivity index (χ2n) is 9.72. The van der Waals surface area contributed by atoms with Crippen LogP contribution in [-0.4, -0.2) is 35.4 Å². The van der Waals surface area contributed by atoms with Crippen LogP contribution >= 0.6 is 0 Å². The second kappa shape index (κ2) is 15.8. The average molecular weight is 485 g/mol. The van der Waals surface area contributed by atoms with Gasteiger partial charge >= 0.3 is 0 Å². The van der Waals surface area contributed by atoms with Crippen molar-refractivity contribution in [2.75, 3.05) is 20.1 Å². The van der Waals surface area contributed by atoms with E-state index in [0.717, 1.165) is 44.9 Å². The third-order valence-corrected chi connectivity index (χ3v) is 6.89. The van der Waals surface area contributed by atoms with Crippen molar-refractivity contribution in [2.45, 2.75) is 103 Å². The van der Waals surface area contributed by atoms with Gasteiger partial charge in [-0.05, 0) is 89.0 Å². The molecule has 0 radical (unpaired) electrons. The Morgan fingerprint density at radius 1 is 0.971 bits per heavy atom. The zero-order valence-corrected chi connectivity index (χ0v) is 21.5. The molecule has 1 aromatic heterocycles. The number of piperidine rings is 1. The van der Waals surface area contributed by atoms with E-state index in [1.807, 2.05) is 0 Å². The number of rotatable bonds is 15. The quantitative estimate of drug-likeness (QED) is 0.186. The lowest BCUT2D eigenvalue weighted by Gasteiger charge is -2.28. The van der Waals surface area contributed by atoms with Crippen LogP contribution in [-0.2, 0) is 0 Å². The highest BCUT2D eigenvalue weighted by Gasteiger charge is 2.23. The van der Waals surface area contributed by atoms with E-state index in [0.29, 0.717) is 37.9 Å². The van der Waals surface area contributed by atoms with Crippen LogP contribution in [0.15, 0.2) is 54.6 Å². The molecule has 0 amide bonds. The summed E-state index contributed by atoms with van der Waals surface area (Å²) in [5, 5.41) is 0.219. The van der Waals surface area contributed by atoms with Crippen LogP contribution < -0.4 is 0 Å². The minimum Gasteiger partial charge on any atom is -0.306 e. The Kier molecular flexibility index (Phi) is 8.19. The van der Waals surface area contributed by atoms with Gasteiger partial charge in [0.05, 0.1) is 12.4 Å². The van der Waals surface area contributed by atoms with Crippen LogP contribution in [0.4, 0.5) is 0 Å². The lowest BCUT2D eigenvalue weighted by molar-refractivity contribution is 0.0904. The molecule has 2 aromatic rings. The Balaban J connectivity index is 1.59. The van der Waals surface area contributed by atoms with Gasteiger partial charge in [0.1, 0.15) is 0 Å². The summed E-state index contributed by atoms with van der Waals surface area (Å²) in [5.74, 6) is -0.602. The van der Waals surface area contributed by atoms with Crippen molar-refractivity contribution in [1.82, 2.24) is 9.47 Å². The molecule has 192 valence electrons. The van der Waals surface area contributed by atoms with E-state index in [1.165, 1.54) is 28.7 Å². The third-order valence-electron chi connectivity index (χ3n) is 6.89. The van der Waals surface area contributed by atoms with E-state index < -0.39 is 19.1 Å². The fourth-order valence-corrected chi connectivity index (χ4v) is 4.75. The molecule has 0 N–H and O–H groups in total. The molecule has 0 bridgehead atoms. The lowest BCUT2D eigenvalue weighted by atomic mass is 9.89. The zero-order chi connectivity index (χ0) is 31.6. The van der Waals surface area contributed by atoms with Gasteiger partial charge in [-0.1, -0.05) is 81.5 Å². The lowest BCUT2D eigenvalue weighted by Crippen LogP contribution is -2.29. The van der Waals surface area contributed by atoms with Crippen molar-refractivity contribution < 1.29 is 15.8 Å². The summed E-state index contributed by atoms with van der Waals surface area (Å²) in [7, 11) is 0. The van der Waals surface area contributed by atoms with Gasteiger partial charge in [-0.2, -0.15) is 0 Å². The van der Waals surface area contributed by atoms with Gasteiger partial charge in [0.15, 0.2) is 0 Å². The van der Waals surface area contributed by atoms with Gasteiger partial charge in [-0.3, -0.25) is 9.36 Å². The maximum atomic E-state index is 13.4. The van der Waals surface area contributed by atoms with Crippen molar-refractivity contribution in [3.63, 3.8) is 0 Å². The van der Waals surface area contributed by atoms with Crippen molar-refractivity contribution in [2.24, 2.45) is 0 Å². The van der Waals surface area contributed by atoms with Crippen LogP contribution in [0.25, 0.3) is 10.9 Å². The number of para-hydroxylation sites is 1. The fraction of sp³-hybridized carbons (Fsp3) is 0.594. The summed E-state index contributed by atoms with van der Waals surface area (Å²) in [4.78, 5) is 14.9. The molecule has 1 saturated heterocycles. The molecule has 0 aliphatic carbocycles. The summed E-state index contributed by atoms with van der Waals surface area (Å²) in [6.07, 6.45) is 21.6. The highest BCUT2D eigenvalue weighted by Crippen LogP contribution is 2.34. The molecular formula is C32H48N2O. The van der Waals surface area contributed by atoms with E-state index in [-0.39, 0.29) is 47.4 Å². The number of hydrogen-bond donors (Lipinski definition) is 0. The average Bonchev–Trinajstić information content (AvgIpc) is 3.29. The number of carbonyl (C=O) groups is 1. The first-order valence-electron chi connectivity index (χ1n) is 17.7. The molecule has 1 fully saturated rings. The summed E-state index contributed by atoms with van der Waals surface area (Å²) in [5.41, 5.74) is 0.498. The molecule has 1 aromatic carbocycles. The maximum absolute atomic E-state index is 13.4. The molecule has 3 heteroatoms. The summed E-state index contributed by atoms with van der Waals surface area (Å²) in [6.45, 7) is 0.592. The fourth-order valence-electron chi connectivity index (χ4n) is 4.75. The molecule has 0 spiro atoms. The highest BCUT2D eigenvalue weighted by molar-refractivity contribution is 5.94. The molecule has 0 unspecified atom stereocenters. The second-order valence-corrected chi connectivity index (χ2v) is 9.72. The number of likely N-dealkylation sites (tertiary alicyclic amines) is 1. The predicted molar refractivity (Wildman–Crippen MR) is 151 cm³/mol. The molecule has 0 atom stereocenters. The molecule has 3 rings (SSSR count). The van der Waals surface area contributed by atoms with Gasteiger partial charge in [-0.25, -0.2) is 0 Å². The number of unbranched alkanes of at least 4 members (excludes halogenated alkanes) is 8. The topological polar surface area (TPSA) is 25.2 Å². The maximum Gasteiger partial charge on any atom is 0.231 e. The smallest absolute Gasteiger partial charge is 0.231 e. The van der Waals surface area contributed by atoms with Crippen molar-refractivity contribution in [3.8, 4) is 0 Å². The van der Waals surface area contributed by atoms with E-state index in [2.05, 4.69) is 31.2 Å². The number of hydrogen-bond acceptors (Lipinski definition) is 2. The standard InChI is InChI=1S/C32H48N2O/c1-3-4-5-6-7-8-9-10-11-12-13-14-15-16-17-22-32(35)34-27-30(28-23-25-33(2)26-24-28)29-20-18-19-21-31(29)34/h7-8,10-11,18-21,27-28H,3-6,9,12-17,22-26H2,1-2H3/b8-7-,11-10-/i2D3,18D,19D,20D,21D,27D. The van der Waals surface area contributed by atoms with Crippen molar-refractivity contribution >= 4 is 16.8 Å². The molecular weight excluding hydrogens is 428 g/mol. The Labute approximate surface area is 225 Å². The molecule has 2 heterocycles. The van der Waals surface area contributed by atoms with E-state index >= 15 is 0 Å². The van der Waals surface area contributed by atoms with Crippen molar-refractivity contribution in [1.29, 1.82) is 0 Å². The number of fused-ring (bicyclic) bond motifs is 1. The Morgan fingerprint density at radius 2 is 1.66 bits per heavy atom. The zero-order valence-electron chi connectivity index (χ0n) is 29.5. The van der Waals surface area contributed by atoms with E-state index in [1.54, 1.807) is 0 Å². The first-order valence-corrected chi connectivity index (χ1v) is 13.7. The van der Waals surface area contributed by atoms with Gasteiger partial charge in [0.2, 0.25) is 5.91 Å². The van der Waals surface area contributed by atoms with E-state index in [9.17, 15) is 4.79 Å². The number of aromatic nitrogens is 1. The van der Waals surface area contributed by atoms with Crippen LogP contribution in [0.5, 0.6) is 0 Å². The largest absolute Gasteiger partial charge is 0.306 e. The minimum atomic E-state index is -2.20. The van der Waals surface area contributed by atoms with Gasteiger partial charge in [0.25, 0.3) is 0 Å². The van der Waals surface area contributed by atoms with Crippen LogP contribution in [0, 0.1) is 0 Å². The first kappa shape index (κ1) is 18.2. The summed E-state index contributed by atoms with van der Waals surface area (Å²) in [6, 6.07) is -1.38. The number of benzene rings is 1. The first-order chi connectivity index (χ1) is 20.5. The Bertz CT molecular complexity index is 1270. The predicted octanol–water partition coefficient (Wildman–Crippen LogP) is 8.90. The third kappa shape index (κ3) is 9.11. The number of carbonyl (C=O) groups excluding carboxylic acids is 1. The molecule has 35 heavy (non-hydrogen) atoms. The number of allylic oxidation sites excluding steroid dienone is 4. The Hall–Kier alpha value is -2.13. The van der Waals surface area contributed by atoms with E-state index in [4.69, 9.17) is 11.0 Å². The SMILES string of the molecule is [2H]c1c([2H])c([2H])c2c(c1[2H])c(C1CCN(C([2H])([2H])[2H])CC1)c([2H])n2C(=O)CCCCCCC/C=C\C/C=C\CCCCC. The van der Waals surface area contributed by atoms with Gasteiger partial charge in [0, 0.05) is 22.1 Å².